The van der Waals surface area contributed by atoms with Gasteiger partial charge in [-0.15, -0.1) is 0 Å². The molecule has 0 aliphatic heterocycles. The van der Waals surface area contributed by atoms with Crippen LogP contribution in [0, 0.1) is 6.92 Å². The first-order chi connectivity index (χ1) is 7.74. The van der Waals surface area contributed by atoms with E-state index in [1.807, 2.05) is 26.2 Å². The van der Waals surface area contributed by atoms with Crippen LogP contribution in [0.3, 0.4) is 0 Å². The highest BCUT2D eigenvalue weighted by Gasteiger charge is 2.05. The zero-order valence-corrected chi connectivity index (χ0v) is 10.4. The van der Waals surface area contributed by atoms with Crippen molar-refractivity contribution in [1.82, 2.24) is 4.98 Å². The summed E-state index contributed by atoms with van der Waals surface area (Å²) in [6.07, 6.45) is 1.89. The number of hydrogen-bond donors (Lipinski definition) is 1. The second kappa shape index (κ2) is 4.53. The fourth-order valence-electron chi connectivity index (χ4n) is 1.55. The van der Waals surface area contributed by atoms with Crippen molar-refractivity contribution < 1.29 is 4.74 Å². The van der Waals surface area contributed by atoms with Crippen molar-refractivity contribution >= 4 is 16.5 Å². The number of nitrogens with one attached hydrogen (secondary N) is 1. The number of thiazole rings is 1. The van der Waals surface area contributed by atoms with Crippen molar-refractivity contribution in [1.29, 1.82) is 0 Å². The molecule has 0 atom stereocenters. The Kier molecular flexibility index (Phi) is 3.10. The van der Waals surface area contributed by atoms with Crippen LogP contribution in [-0.2, 0) is 0 Å². The Bertz CT molecular complexity index is 494. The van der Waals surface area contributed by atoms with Crippen LogP contribution in [0.4, 0.5) is 5.13 Å². The lowest BCUT2D eigenvalue weighted by molar-refractivity contribution is 0.412. The van der Waals surface area contributed by atoms with Crippen LogP contribution < -0.4 is 10.1 Å². The van der Waals surface area contributed by atoms with Crippen molar-refractivity contribution in [2.75, 3.05) is 19.5 Å². The highest BCUT2D eigenvalue weighted by Crippen LogP contribution is 2.31. The molecule has 0 spiro atoms. The van der Waals surface area contributed by atoms with Gasteiger partial charge in [-0.25, -0.2) is 4.98 Å². The van der Waals surface area contributed by atoms with E-state index in [1.165, 1.54) is 5.56 Å². The first kappa shape index (κ1) is 11.0. The number of anilines is 1. The molecule has 0 unspecified atom stereocenters. The average Bonchev–Trinajstić information content (AvgIpc) is 2.77. The minimum Gasteiger partial charge on any atom is -0.496 e. The Morgan fingerprint density at radius 1 is 1.38 bits per heavy atom. The molecular weight excluding hydrogens is 220 g/mol. The maximum Gasteiger partial charge on any atom is 0.182 e. The van der Waals surface area contributed by atoms with Gasteiger partial charge in [0.05, 0.1) is 12.0 Å². The number of aryl methyl sites for hydroxylation is 1. The van der Waals surface area contributed by atoms with E-state index in [2.05, 4.69) is 22.4 Å². The Morgan fingerprint density at radius 3 is 2.75 bits per heavy atom. The molecule has 0 bridgehead atoms. The quantitative estimate of drug-likeness (QED) is 0.885. The van der Waals surface area contributed by atoms with Crippen LogP contribution in [0.15, 0.2) is 24.4 Å². The standard InChI is InChI=1S/C12H14N2OS/c1-8-6-9(4-5-10(8)15-3)11-7-14-12(13-2)16-11/h4-7H,1-3H3,(H,13,14). The summed E-state index contributed by atoms with van der Waals surface area (Å²) in [7, 11) is 3.57. The van der Waals surface area contributed by atoms with Gasteiger partial charge >= 0.3 is 0 Å². The van der Waals surface area contributed by atoms with E-state index in [4.69, 9.17) is 4.74 Å². The number of benzene rings is 1. The molecule has 0 radical (unpaired) electrons. The lowest BCUT2D eigenvalue weighted by Gasteiger charge is -2.05. The summed E-state index contributed by atoms with van der Waals surface area (Å²) >= 11 is 1.65. The Balaban J connectivity index is 2.37. The van der Waals surface area contributed by atoms with Gasteiger partial charge in [-0.1, -0.05) is 11.3 Å². The minimum atomic E-state index is 0.919. The van der Waals surface area contributed by atoms with Gasteiger partial charge < -0.3 is 10.1 Å². The van der Waals surface area contributed by atoms with Gasteiger partial charge in [0.15, 0.2) is 5.13 Å². The molecule has 0 fully saturated rings. The highest BCUT2D eigenvalue weighted by molar-refractivity contribution is 7.18. The van der Waals surface area contributed by atoms with Gasteiger partial charge in [-0.3, -0.25) is 0 Å². The van der Waals surface area contributed by atoms with Gasteiger partial charge in [0.1, 0.15) is 5.75 Å². The van der Waals surface area contributed by atoms with Gasteiger partial charge in [-0.05, 0) is 36.2 Å². The summed E-state index contributed by atoms with van der Waals surface area (Å²) < 4.78 is 5.24. The first-order valence-corrected chi connectivity index (χ1v) is 5.85. The predicted octanol–water partition coefficient (Wildman–Crippen LogP) is 3.17. The molecule has 0 aliphatic rings. The van der Waals surface area contributed by atoms with Crippen molar-refractivity contribution in [3.05, 3.63) is 30.0 Å². The molecular formula is C12H14N2OS. The highest BCUT2D eigenvalue weighted by atomic mass is 32.1. The van der Waals surface area contributed by atoms with Gasteiger partial charge in [0, 0.05) is 13.2 Å². The van der Waals surface area contributed by atoms with Crippen molar-refractivity contribution in [2.45, 2.75) is 6.92 Å². The van der Waals surface area contributed by atoms with E-state index < -0.39 is 0 Å². The zero-order valence-electron chi connectivity index (χ0n) is 9.57. The van der Waals surface area contributed by atoms with Gasteiger partial charge in [0.2, 0.25) is 0 Å². The van der Waals surface area contributed by atoms with E-state index in [9.17, 15) is 0 Å². The molecule has 84 valence electrons. The molecule has 2 rings (SSSR count). The third-order valence-electron chi connectivity index (χ3n) is 2.40. The predicted molar refractivity (Wildman–Crippen MR) is 68.4 cm³/mol. The molecule has 3 nitrogen and oxygen atoms in total. The molecule has 0 saturated heterocycles. The first-order valence-electron chi connectivity index (χ1n) is 5.03. The average molecular weight is 234 g/mol. The fraction of sp³-hybridized carbons (Fsp3) is 0.250. The number of aromatic nitrogens is 1. The zero-order chi connectivity index (χ0) is 11.5. The van der Waals surface area contributed by atoms with Crippen molar-refractivity contribution in [3.63, 3.8) is 0 Å². The van der Waals surface area contributed by atoms with E-state index in [1.54, 1.807) is 18.4 Å². The summed E-state index contributed by atoms with van der Waals surface area (Å²) in [5.41, 5.74) is 2.32. The van der Waals surface area contributed by atoms with E-state index >= 15 is 0 Å². The van der Waals surface area contributed by atoms with E-state index in [0.717, 1.165) is 21.3 Å². The molecule has 4 heteroatoms. The van der Waals surface area contributed by atoms with E-state index in [-0.39, 0.29) is 0 Å². The van der Waals surface area contributed by atoms with Crippen molar-refractivity contribution in [3.8, 4) is 16.2 Å². The van der Waals surface area contributed by atoms with Crippen molar-refractivity contribution in [2.24, 2.45) is 0 Å². The summed E-state index contributed by atoms with van der Waals surface area (Å²) in [6.45, 7) is 2.04. The molecule has 1 heterocycles. The molecule has 1 aromatic heterocycles. The SMILES string of the molecule is CNc1ncc(-c2ccc(OC)c(C)c2)s1. The van der Waals surface area contributed by atoms with Crippen LogP contribution in [-0.4, -0.2) is 19.1 Å². The summed E-state index contributed by atoms with van der Waals surface area (Å²) in [4.78, 5) is 5.42. The second-order valence-electron chi connectivity index (χ2n) is 3.46. The Labute approximate surface area is 99.1 Å². The maximum absolute atomic E-state index is 5.24. The number of ether oxygens (including phenoxy) is 1. The fourth-order valence-corrected chi connectivity index (χ4v) is 2.32. The van der Waals surface area contributed by atoms with Crippen LogP contribution in [0.25, 0.3) is 10.4 Å². The van der Waals surface area contributed by atoms with Crippen LogP contribution in [0.5, 0.6) is 5.75 Å². The second-order valence-corrected chi connectivity index (χ2v) is 4.49. The normalized spacial score (nSPS) is 10.2. The Hall–Kier alpha value is -1.55. The number of nitrogens with zero attached hydrogens (tertiary/aromatic N) is 1. The van der Waals surface area contributed by atoms with Gasteiger partial charge in [0.25, 0.3) is 0 Å². The molecule has 1 N–H and O–H groups in total. The number of methoxy groups -OCH3 is 1. The van der Waals surface area contributed by atoms with Crippen LogP contribution in [0.1, 0.15) is 5.56 Å². The monoisotopic (exact) mass is 234 g/mol. The summed E-state index contributed by atoms with van der Waals surface area (Å²) in [5, 5.41) is 3.97. The summed E-state index contributed by atoms with van der Waals surface area (Å²) in [5.74, 6) is 0.919. The smallest absolute Gasteiger partial charge is 0.182 e. The third-order valence-corrected chi connectivity index (χ3v) is 3.46. The molecule has 0 saturated carbocycles. The van der Waals surface area contributed by atoms with Gasteiger partial charge in [-0.2, -0.15) is 0 Å². The van der Waals surface area contributed by atoms with E-state index in [0.29, 0.717) is 0 Å². The molecule has 16 heavy (non-hydrogen) atoms. The molecule has 0 aliphatic carbocycles. The molecule has 1 aromatic carbocycles. The largest absolute Gasteiger partial charge is 0.496 e. The Morgan fingerprint density at radius 2 is 2.19 bits per heavy atom. The topological polar surface area (TPSA) is 34.2 Å². The van der Waals surface area contributed by atoms with Crippen LogP contribution >= 0.6 is 11.3 Å². The minimum absolute atomic E-state index is 0.919. The lowest BCUT2D eigenvalue weighted by atomic mass is 10.1. The maximum atomic E-state index is 5.24. The van der Waals surface area contributed by atoms with Crippen LogP contribution in [0.2, 0.25) is 0 Å². The third kappa shape index (κ3) is 2.02. The lowest BCUT2D eigenvalue weighted by Crippen LogP contribution is -1.86. The number of hydrogen-bond acceptors (Lipinski definition) is 4. The summed E-state index contributed by atoms with van der Waals surface area (Å²) in [6, 6.07) is 6.16. The molecule has 0 amide bonds. The molecule has 2 aromatic rings. The number of rotatable bonds is 3.